The van der Waals surface area contributed by atoms with Crippen LogP contribution < -0.4 is 15.4 Å². The van der Waals surface area contributed by atoms with Gasteiger partial charge in [-0.15, -0.1) is 11.8 Å². The minimum atomic E-state index is -0.948. The molecule has 0 radical (unpaired) electrons. The lowest BCUT2D eigenvalue weighted by Crippen LogP contribution is -2.35. The molecule has 26 heavy (non-hydrogen) atoms. The molecule has 2 rings (SSSR count). The number of amides is 2. The van der Waals surface area contributed by atoms with E-state index in [1.165, 1.54) is 6.07 Å². The third kappa shape index (κ3) is 6.03. The summed E-state index contributed by atoms with van der Waals surface area (Å²) in [6.07, 6.45) is 0. The lowest BCUT2D eigenvalue weighted by molar-refractivity contribution is -0.118. The molecule has 0 heterocycles. The molecule has 2 aromatic carbocycles. The summed E-state index contributed by atoms with van der Waals surface area (Å²) in [6.45, 7) is 0.533. The molecule has 0 aromatic heterocycles. The standard InChI is InChI=1S/C18H18F2N2O3S/c1-25-13-4-2-12(3-5-13)18(24)22-9-8-21-17(23)11-26-14-6-7-15(19)16(20)10-14/h2-7,10H,8-9,11H2,1H3,(H,21,23)(H,22,24). The van der Waals surface area contributed by atoms with Crippen molar-refractivity contribution >= 4 is 23.6 Å². The Bertz CT molecular complexity index is 770. The van der Waals surface area contributed by atoms with Gasteiger partial charge >= 0.3 is 0 Å². The normalized spacial score (nSPS) is 10.3. The number of carbonyl (C=O) groups is 2. The fourth-order valence-corrected chi connectivity index (χ4v) is 2.74. The molecule has 2 N–H and O–H groups in total. The first-order valence-electron chi connectivity index (χ1n) is 7.76. The maximum absolute atomic E-state index is 13.1. The minimum Gasteiger partial charge on any atom is -0.497 e. The second kappa shape index (κ2) is 9.76. The molecule has 2 aromatic rings. The fourth-order valence-electron chi connectivity index (χ4n) is 1.99. The summed E-state index contributed by atoms with van der Waals surface area (Å²) in [5, 5.41) is 5.33. The summed E-state index contributed by atoms with van der Waals surface area (Å²) in [6, 6.07) is 10.1. The van der Waals surface area contributed by atoms with Gasteiger partial charge in [0, 0.05) is 23.5 Å². The number of rotatable bonds is 8. The van der Waals surface area contributed by atoms with Crippen LogP contribution in [0.2, 0.25) is 0 Å². The first kappa shape index (κ1) is 19.7. The lowest BCUT2D eigenvalue weighted by atomic mass is 10.2. The number of thioether (sulfide) groups is 1. The third-order valence-electron chi connectivity index (χ3n) is 3.35. The van der Waals surface area contributed by atoms with Crippen molar-refractivity contribution in [1.29, 1.82) is 0 Å². The van der Waals surface area contributed by atoms with Gasteiger partial charge in [0.15, 0.2) is 11.6 Å². The maximum Gasteiger partial charge on any atom is 0.251 e. The molecule has 2 amide bonds. The molecule has 0 aliphatic carbocycles. The van der Waals surface area contributed by atoms with Gasteiger partial charge in [-0.25, -0.2) is 8.78 Å². The van der Waals surface area contributed by atoms with Crippen molar-refractivity contribution in [2.24, 2.45) is 0 Å². The molecule has 5 nitrogen and oxygen atoms in total. The molecular formula is C18H18F2N2O3S. The molecule has 0 atom stereocenters. The van der Waals surface area contributed by atoms with E-state index in [2.05, 4.69) is 10.6 Å². The predicted octanol–water partition coefficient (Wildman–Crippen LogP) is 2.61. The number of hydrogen-bond acceptors (Lipinski definition) is 4. The monoisotopic (exact) mass is 380 g/mol. The smallest absolute Gasteiger partial charge is 0.251 e. The second-order valence-electron chi connectivity index (χ2n) is 5.20. The first-order chi connectivity index (χ1) is 12.5. The molecule has 0 saturated carbocycles. The van der Waals surface area contributed by atoms with Crippen LogP contribution in [0.4, 0.5) is 8.78 Å². The number of benzene rings is 2. The zero-order chi connectivity index (χ0) is 18.9. The van der Waals surface area contributed by atoms with Gasteiger partial charge < -0.3 is 15.4 Å². The van der Waals surface area contributed by atoms with Crippen LogP contribution in [0, 0.1) is 11.6 Å². The summed E-state index contributed by atoms with van der Waals surface area (Å²) in [5.74, 6) is -1.66. The van der Waals surface area contributed by atoms with Crippen molar-refractivity contribution in [3.63, 3.8) is 0 Å². The Labute approximate surface area is 154 Å². The van der Waals surface area contributed by atoms with Gasteiger partial charge in [-0.1, -0.05) is 0 Å². The molecule has 0 aliphatic heterocycles. The number of carbonyl (C=O) groups excluding carboxylic acids is 2. The highest BCUT2D eigenvalue weighted by Crippen LogP contribution is 2.19. The highest BCUT2D eigenvalue weighted by atomic mass is 32.2. The van der Waals surface area contributed by atoms with Crippen molar-refractivity contribution in [3.05, 3.63) is 59.7 Å². The van der Waals surface area contributed by atoms with Crippen LogP contribution in [0.15, 0.2) is 47.4 Å². The topological polar surface area (TPSA) is 67.4 Å². The Balaban J connectivity index is 1.66. The number of ether oxygens (including phenoxy) is 1. The van der Waals surface area contributed by atoms with Crippen LogP contribution in [0.5, 0.6) is 5.75 Å². The van der Waals surface area contributed by atoms with Crippen molar-refractivity contribution in [2.75, 3.05) is 26.0 Å². The zero-order valence-electron chi connectivity index (χ0n) is 14.1. The minimum absolute atomic E-state index is 0.0670. The second-order valence-corrected chi connectivity index (χ2v) is 6.25. The Morgan fingerprint density at radius 1 is 1.00 bits per heavy atom. The molecule has 138 valence electrons. The van der Waals surface area contributed by atoms with Crippen molar-refractivity contribution in [2.45, 2.75) is 4.90 Å². The largest absolute Gasteiger partial charge is 0.497 e. The van der Waals surface area contributed by atoms with Crippen LogP contribution in [0.3, 0.4) is 0 Å². The molecule has 0 aliphatic rings. The quantitative estimate of drug-likeness (QED) is 0.546. The van der Waals surface area contributed by atoms with Gasteiger partial charge in [0.1, 0.15) is 5.75 Å². The van der Waals surface area contributed by atoms with E-state index in [-0.39, 0.29) is 30.7 Å². The van der Waals surface area contributed by atoms with E-state index in [9.17, 15) is 18.4 Å². The number of halogens is 2. The average molecular weight is 380 g/mol. The van der Waals surface area contributed by atoms with Crippen molar-refractivity contribution < 1.29 is 23.1 Å². The van der Waals surface area contributed by atoms with E-state index < -0.39 is 11.6 Å². The lowest BCUT2D eigenvalue weighted by Gasteiger charge is -2.08. The van der Waals surface area contributed by atoms with Gasteiger partial charge in [-0.2, -0.15) is 0 Å². The first-order valence-corrected chi connectivity index (χ1v) is 8.75. The Morgan fingerprint density at radius 2 is 1.69 bits per heavy atom. The molecule has 8 heteroatoms. The Morgan fingerprint density at radius 3 is 2.35 bits per heavy atom. The highest BCUT2D eigenvalue weighted by Gasteiger charge is 2.07. The third-order valence-corrected chi connectivity index (χ3v) is 4.34. The highest BCUT2D eigenvalue weighted by molar-refractivity contribution is 8.00. The summed E-state index contributed by atoms with van der Waals surface area (Å²) in [4.78, 5) is 24.1. The van der Waals surface area contributed by atoms with E-state index in [0.717, 1.165) is 23.9 Å². The average Bonchev–Trinajstić information content (AvgIpc) is 2.66. The van der Waals surface area contributed by atoms with E-state index in [1.807, 2.05) is 0 Å². The van der Waals surface area contributed by atoms with Crippen molar-refractivity contribution in [3.8, 4) is 5.75 Å². The van der Waals surface area contributed by atoms with Crippen LogP contribution in [-0.4, -0.2) is 37.8 Å². The SMILES string of the molecule is COc1ccc(C(=O)NCCNC(=O)CSc2ccc(F)c(F)c2)cc1. The summed E-state index contributed by atoms with van der Waals surface area (Å²) >= 11 is 1.10. The summed E-state index contributed by atoms with van der Waals surface area (Å²) in [5.41, 5.74) is 0.492. The van der Waals surface area contributed by atoms with Gasteiger partial charge in [0.05, 0.1) is 12.9 Å². The number of hydrogen-bond donors (Lipinski definition) is 2. The molecule has 0 unspecified atom stereocenters. The van der Waals surface area contributed by atoms with E-state index in [0.29, 0.717) is 16.2 Å². The van der Waals surface area contributed by atoms with E-state index in [4.69, 9.17) is 4.74 Å². The molecular weight excluding hydrogens is 362 g/mol. The van der Waals surface area contributed by atoms with Crippen LogP contribution in [0.25, 0.3) is 0 Å². The van der Waals surface area contributed by atoms with Crippen LogP contribution >= 0.6 is 11.8 Å². The zero-order valence-corrected chi connectivity index (χ0v) is 14.9. The predicted molar refractivity (Wildman–Crippen MR) is 95.4 cm³/mol. The number of methoxy groups -OCH3 is 1. The van der Waals surface area contributed by atoms with Gasteiger partial charge in [0.25, 0.3) is 5.91 Å². The Kier molecular flexibility index (Phi) is 7.40. The summed E-state index contributed by atoms with van der Waals surface area (Å²) in [7, 11) is 1.54. The molecule has 0 spiro atoms. The molecule has 0 fully saturated rings. The van der Waals surface area contributed by atoms with Crippen LogP contribution in [-0.2, 0) is 4.79 Å². The van der Waals surface area contributed by atoms with Crippen LogP contribution in [0.1, 0.15) is 10.4 Å². The van der Waals surface area contributed by atoms with E-state index in [1.54, 1.807) is 31.4 Å². The fraction of sp³-hybridized carbons (Fsp3) is 0.222. The summed E-state index contributed by atoms with van der Waals surface area (Å²) < 4.78 is 30.9. The molecule has 0 bridgehead atoms. The van der Waals surface area contributed by atoms with E-state index >= 15 is 0 Å². The van der Waals surface area contributed by atoms with Gasteiger partial charge in [0.2, 0.25) is 5.91 Å². The van der Waals surface area contributed by atoms with Crippen molar-refractivity contribution in [1.82, 2.24) is 10.6 Å². The maximum atomic E-state index is 13.1. The Hall–Kier alpha value is -2.61. The number of nitrogens with one attached hydrogen (secondary N) is 2. The van der Waals surface area contributed by atoms with Gasteiger partial charge in [-0.3, -0.25) is 9.59 Å². The molecule has 0 saturated heterocycles. The van der Waals surface area contributed by atoms with Gasteiger partial charge in [-0.05, 0) is 42.5 Å².